The lowest BCUT2D eigenvalue weighted by atomic mass is 10.0. The molecule has 1 N–H and O–H groups in total. The fraction of sp³-hybridized carbons (Fsp3) is 0.286. The highest BCUT2D eigenvalue weighted by Crippen LogP contribution is 2.21. The first kappa shape index (κ1) is 13.1. The van der Waals surface area contributed by atoms with Gasteiger partial charge in [0.2, 0.25) is 0 Å². The summed E-state index contributed by atoms with van der Waals surface area (Å²) in [6.45, 7) is 0. The Bertz CT molecular complexity index is 476. The van der Waals surface area contributed by atoms with Crippen molar-refractivity contribution in [1.82, 2.24) is 0 Å². The average Bonchev–Trinajstić information content (AvgIpc) is 2.84. The van der Waals surface area contributed by atoms with Crippen LogP contribution in [0.2, 0.25) is 5.02 Å². The van der Waals surface area contributed by atoms with Crippen molar-refractivity contribution in [3.05, 3.63) is 58.8 Å². The van der Waals surface area contributed by atoms with Crippen LogP contribution in [0.3, 0.4) is 0 Å². The summed E-state index contributed by atoms with van der Waals surface area (Å²) in [5.41, 5.74) is 0.367. The van der Waals surface area contributed by atoms with Crippen LogP contribution in [0.25, 0.3) is 0 Å². The monoisotopic (exact) mass is 268 g/mol. The second kappa shape index (κ2) is 6.03. The summed E-state index contributed by atoms with van der Waals surface area (Å²) in [6.07, 6.45) is 2.31. The molecule has 0 amide bonds. The van der Waals surface area contributed by atoms with Crippen molar-refractivity contribution in [3.8, 4) is 0 Å². The lowest BCUT2D eigenvalue weighted by Gasteiger charge is -2.11. The lowest BCUT2D eigenvalue weighted by Crippen LogP contribution is -2.13. The molecule has 0 aliphatic heterocycles. The number of benzene rings is 1. The number of aryl methyl sites for hydroxylation is 1. The molecule has 4 heteroatoms. The zero-order valence-electron chi connectivity index (χ0n) is 9.77. The topological polar surface area (TPSA) is 33.4 Å². The number of hydrogen-bond donors (Lipinski definition) is 1. The highest BCUT2D eigenvalue weighted by atomic mass is 35.5. The van der Waals surface area contributed by atoms with E-state index in [2.05, 4.69) is 0 Å². The predicted molar refractivity (Wildman–Crippen MR) is 68.1 cm³/mol. The first-order valence-corrected chi connectivity index (χ1v) is 6.18. The van der Waals surface area contributed by atoms with Gasteiger partial charge in [0.05, 0.1) is 12.4 Å². The maximum absolute atomic E-state index is 13.5. The molecule has 18 heavy (non-hydrogen) atoms. The molecule has 96 valence electrons. The van der Waals surface area contributed by atoms with E-state index in [0.29, 0.717) is 23.4 Å². The van der Waals surface area contributed by atoms with Crippen LogP contribution in [0.15, 0.2) is 41.0 Å². The summed E-state index contributed by atoms with van der Waals surface area (Å²) in [6, 6.07) is 8.17. The minimum atomic E-state index is -0.635. The third kappa shape index (κ3) is 3.34. The zero-order chi connectivity index (χ0) is 13.0. The Labute approximate surface area is 110 Å². The van der Waals surface area contributed by atoms with Gasteiger partial charge in [0, 0.05) is 23.4 Å². The third-order valence-corrected chi connectivity index (χ3v) is 3.16. The van der Waals surface area contributed by atoms with Gasteiger partial charge in [0.15, 0.2) is 0 Å². The van der Waals surface area contributed by atoms with E-state index in [1.165, 1.54) is 6.07 Å². The molecule has 2 nitrogen and oxygen atoms in total. The smallest absolute Gasteiger partial charge is 0.127 e. The minimum Gasteiger partial charge on any atom is -0.469 e. The van der Waals surface area contributed by atoms with Crippen molar-refractivity contribution >= 4 is 11.6 Å². The van der Waals surface area contributed by atoms with Gasteiger partial charge >= 0.3 is 0 Å². The molecule has 0 radical (unpaired) electrons. The molecule has 0 aliphatic rings. The Kier molecular flexibility index (Phi) is 4.39. The van der Waals surface area contributed by atoms with Gasteiger partial charge < -0.3 is 9.52 Å². The number of aliphatic hydroxyl groups is 1. The van der Waals surface area contributed by atoms with Crippen LogP contribution in [0.1, 0.15) is 17.7 Å². The molecule has 0 saturated heterocycles. The van der Waals surface area contributed by atoms with E-state index in [4.69, 9.17) is 16.0 Å². The highest BCUT2D eigenvalue weighted by Gasteiger charge is 2.13. The summed E-state index contributed by atoms with van der Waals surface area (Å²) in [5.74, 6) is 0.438. The minimum absolute atomic E-state index is 0.214. The maximum atomic E-state index is 13.5. The van der Waals surface area contributed by atoms with Gasteiger partial charge in [0.25, 0.3) is 0 Å². The summed E-state index contributed by atoms with van der Waals surface area (Å²) in [4.78, 5) is 0. The Hall–Kier alpha value is -1.32. The Balaban J connectivity index is 1.92. The van der Waals surface area contributed by atoms with Crippen molar-refractivity contribution in [2.24, 2.45) is 0 Å². The van der Waals surface area contributed by atoms with Crippen molar-refractivity contribution in [2.45, 2.75) is 25.4 Å². The van der Waals surface area contributed by atoms with Crippen molar-refractivity contribution in [2.75, 3.05) is 0 Å². The lowest BCUT2D eigenvalue weighted by molar-refractivity contribution is 0.161. The molecule has 1 aromatic carbocycles. The van der Waals surface area contributed by atoms with Gasteiger partial charge in [0.1, 0.15) is 11.6 Å². The number of hydrogen-bond acceptors (Lipinski definition) is 2. The average molecular weight is 269 g/mol. The molecule has 0 spiro atoms. The molecule has 2 rings (SSSR count). The summed E-state index contributed by atoms with van der Waals surface area (Å²) in [7, 11) is 0. The fourth-order valence-corrected chi connectivity index (χ4v) is 2.07. The molecular weight excluding hydrogens is 255 g/mol. The predicted octanol–water partition coefficient (Wildman–Crippen LogP) is 3.61. The van der Waals surface area contributed by atoms with E-state index < -0.39 is 6.10 Å². The molecule has 1 atom stereocenters. The molecule has 0 aliphatic carbocycles. The van der Waals surface area contributed by atoms with E-state index in [9.17, 15) is 9.50 Å². The largest absolute Gasteiger partial charge is 0.469 e. The van der Waals surface area contributed by atoms with E-state index in [-0.39, 0.29) is 12.2 Å². The first-order chi connectivity index (χ1) is 8.66. The van der Waals surface area contributed by atoms with Crippen molar-refractivity contribution < 1.29 is 13.9 Å². The quantitative estimate of drug-likeness (QED) is 0.899. The maximum Gasteiger partial charge on any atom is 0.127 e. The molecule has 0 fully saturated rings. The van der Waals surface area contributed by atoms with E-state index in [1.54, 1.807) is 24.5 Å². The van der Waals surface area contributed by atoms with Crippen molar-refractivity contribution in [3.63, 3.8) is 0 Å². The van der Waals surface area contributed by atoms with Crippen LogP contribution < -0.4 is 0 Å². The van der Waals surface area contributed by atoms with E-state index in [0.717, 1.165) is 5.76 Å². The van der Waals surface area contributed by atoms with Crippen LogP contribution in [0.4, 0.5) is 4.39 Å². The number of halogens is 2. The molecule has 2 aromatic rings. The van der Waals surface area contributed by atoms with Crippen LogP contribution in [0.5, 0.6) is 0 Å². The van der Waals surface area contributed by atoms with Crippen LogP contribution in [-0.4, -0.2) is 11.2 Å². The standard InChI is InChI=1S/C14H14ClFO2/c15-13-4-1-5-14(16)12(13)9-10(17)6-7-11-3-2-8-18-11/h1-5,8,10,17H,6-7,9H2. The molecule has 1 unspecified atom stereocenters. The summed E-state index contributed by atoms with van der Waals surface area (Å²) < 4.78 is 18.7. The Morgan fingerprint density at radius 3 is 2.78 bits per heavy atom. The fourth-order valence-electron chi connectivity index (χ4n) is 1.83. The van der Waals surface area contributed by atoms with Crippen molar-refractivity contribution in [1.29, 1.82) is 0 Å². The number of aliphatic hydroxyl groups excluding tert-OH is 1. The Morgan fingerprint density at radius 1 is 1.28 bits per heavy atom. The molecule has 1 aromatic heterocycles. The highest BCUT2D eigenvalue weighted by molar-refractivity contribution is 6.31. The summed E-state index contributed by atoms with van der Waals surface area (Å²) >= 11 is 5.90. The molecule has 0 saturated carbocycles. The summed E-state index contributed by atoms with van der Waals surface area (Å²) in [5, 5.41) is 10.2. The first-order valence-electron chi connectivity index (χ1n) is 5.80. The zero-order valence-corrected chi connectivity index (χ0v) is 10.5. The Morgan fingerprint density at radius 2 is 2.11 bits per heavy atom. The van der Waals surface area contributed by atoms with Gasteiger partial charge in [-0.3, -0.25) is 0 Å². The van der Waals surface area contributed by atoms with Gasteiger partial charge in [-0.2, -0.15) is 0 Å². The third-order valence-electron chi connectivity index (χ3n) is 2.81. The van der Waals surface area contributed by atoms with Crippen LogP contribution in [0, 0.1) is 5.82 Å². The molecule has 0 bridgehead atoms. The van der Waals surface area contributed by atoms with Crippen LogP contribution in [-0.2, 0) is 12.8 Å². The van der Waals surface area contributed by atoms with E-state index >= 15 is 0 Å². The van der Waals surface area contributed by atoms with E-state index in [1.807, 2.05) is 6.07 Å². The molecular formula is C14H14ClFO2. The second-order valence-electron chi connectivity index (χ2n) is 4.18. The van der Waals surface area contributed by atoms with Gasteiger partial charge in [-0.1, -0.05) is 17.7 Å². The second-order valence-corrected chi connectivity index (χ2v) is 4.58. The van der Waals surface area contributed by atoms with Gasteiger partial charge in [-0.25, -0.2) is 4.39 Å². The number of furan rings is 1. The SMILES string of the molecule is OC(CCc1ccco1)Cc1c(F)cccc1Cl. The molecule has 1 heterocycles. The number of rotatable bonds is 5. The van der Waals surface area contributed by atoms with Gasteiger partial charge in [-0.05, 0) is 30.7 Å². The van der Waals surface area contributed by atoms with Gasteiger partial charge in [-0.15, -0.1) is 0 Å². The van der Waals surface area contributed by atoms with Crippen LogP contribution >= 0.6 is 11.6 Å². The normalized spacial score (nSPS) is 12.6.